The second kappa shape index (κ2) is 7.61. The Kier molecular flexibility index (Phi) is 5.28. The summed E-state index contributed by atoms with van der Waals surface area (Å²) in [5, 5.41) is 6.62. The third-order valence-electron chi connectivity index (χ3n) is 3.74. The normalized spacial score (nSPS) is 10.6. The van der Waals surface area contributed by atoms with Crippen molar-refractivity contribution in [1.29, 1.82) is 0 Å². The number of hydrogen-bond acceptors (Lipinski definition) is 5. The summed E-state index contributed by atoms with van der Waals surface area (Å²) in [6.45, 7) is 6.92. The van der Waals surface area contributed by atoms with E-state index in [2.05, 4.69) is 67.5 Å². The van der Waals surface area contributed by atoms with Crippen molar-refractivity contribution >= 4 is 33.4 Å². The molecule has 2 heterocycles. The summed E-state index contributed by atoms with van der Waals surface area (Å²) in [5.41, 5.74) is 4.94. The van der Waals surface area contributed by atoms with Gasteiger partial charge >= 0.3 is 0 Å². The van der Waals surface area contributed by atoms with E-state index in [-0.39, 0.29) is 0 Å². The van der Waals surface area contributed by atoms with Gasteiger partial charge in [-0.05, 0) is 56.2 Å². The van der Waals surface area contributed by atoms with Gasteiger partial charge in [0.25, 0.3) is 0 Å². The van der Waals surface area contributed by atoms with Crippen molar-refractivity contribution < 1.29 is 0 Å². The smallest absolute Gasteiger partial charge is 0.225 e. The van der Waals surface area contributed by atoms with E-state index in [0.29, 0.717) is 5.95 Å². The van der Waals surface area contributed by atoms with E-state index < -0.39 is 0 Å². The van der Waals surface area contributed by atoms with Crippen LogP contribution in [0.5, 0.6) is 0 Å². The zero-order valence-corrected chi connectivity index (χ0v) is 16.1. The summed E-state index contributed by atoms with van der Waals surface area (Å²) in [6, 6.07) is 11.9. The van der Waals surface area contributed by atoms with Crippen LogP contribution >= 0.6 is 15.9 Å². The second-order valence-electron chi connectivity index (χ2n) is 5.75. The number of benzene rings is 1. The summed E-state index contributed by atoms with van der Waals surface area (Å²) in [7, 11) is 0. The molecule has 0 unspecified atom stereocenters. The van der Waals surface area contributed by atoms with Gasteiger partial charge in [-0.2, -0.15) is 4.98 Å². The first-order chi connectivity index (χ1) is 12.1. The van der Waals surface area contributed by atoms with Gasteiger partial charge in [0.15, 0.2) is 0 Å². The highest BCUT2D eigenvalue weighted by atomic mass is 79.9. The molecular weight excluding hydrogens is 378 g/mol. The quantitative estimate of drug-likeness (QED) is 0.627. The fourth-order valence-corrected chi connectivity index (χ4v) is 3.32. The topological polar surface area (TPSA) is 62.7 Å². The molecule has 0 aliphatic carbocycles. The molecule has 0 fully saturated rings. The minimum atomic E-state index is 0.584. The molecule has 5 nitrogen and oxygen atoms in total. The van der Waals surface area contributed by atoms with Gasteiger partial charge in [-0.15, -0.1) is 0 Å². The van der Waals surface area contributed by atoms with Crippen molar-refractivity contribution in [3.63, 3.8) is 0 Å². The molecule has 0 radical (unpaired) electrons. The Morgan fingerprint density at radius 1 is 1.00 bits per heavy atom. The Hall–Kier alpha value is -2.47. The largest absolute Gasteiger partial charge is 0.354 e. The van der Waals surface area contributed by atoms with E-state index in [1.165, 1.54) is 0 Å². The third kappa shape index (κ3) is 4.14. The Morgan fingerprint density at radius 2 is 1.76 bits per heavy atom. The van der Waals surface area contributed by atoms with Crippen LogP contribution in [0.25, 0.3) is 11.4 Å². The van der Waals surface area contributed by atoms with Crippen molar-refractivity contribution in [3.8, 4) is 11.4 Å². The lowest BCUT2D eigenvalue weighted by molar-refractivity contribution is 1.08. The van der Waals surface area contributed by atoms with Crippen molar-refractivity contribution in [1.82, 2.24) is 15.0 Å². The zero-order valence-electron chi connectivity index (χ0n) is 14.5. The highest BCUT2D eigenvalue weighted by molar-refractivity contribution is 9.10. The third-order valence-corrected chi connectivity index (χ3v) is 4.20. The minimum Gasteiger partial charge on any atom is -0.354 e. The fraction of sp³-hybridized carbons (Fsp3) is 0.211. The van der Waals surface area contributed by atoms with Gasteiger partial charge in [0.1, 0.15) is 5.82 Å². The first-order valence-electron chi connectivity index (χ1n) is 8.15. The van der Waals surface area contributed by atoms with E-state index >= 15 is 0 Å². The molecule has 2 aromatic heterocycles. The maximum atomic E-state index is 4.58. The predicted molar refractivity (Wildman–Crippen MR) is 106 cm³/mol. The number of pyridine rings is 1. The van der Waals surface area contributed by atoms with Crippen molar-refractivity contribution in [2.45, 2.75) is 20.8 Å². The maximum absolute atomic E-state index is 4.58. The molecule has 0 saturated carbocycles. The Labute approximate surface area is 156 Å². The lowest BCUT2D eigenvalue weighted by atomic mass is 10.1. The molecule has 0 spiro atoms. The monoisotopic (exact) mass is 397 g/mol. The fourth-order valence-electron chi connectivity index (χ4n) is 2.63. The van der Waals surface area contributed by atoms with Gasteiger partial charge in [-0.1, -0.05) is 22.0 Å². The molecule has 0 atom stereocenters. The average molecular weight is 398 g/mol. The van der Waals surface area contributed by atoms with Crippen LogP contribution in [0.1, 0.15) is 18.1 Å². The molecule has 0 saturated heterocycles. The molecular formula is C19H20BrN5. The van der Waals surface area contributed by atoms with Gasteiger partial charge < -0.3 is 10.6 Å². The Bertz CT molecular complexity index is 857. The number of aromatic nitrogens is 3. The number of rotatable bonds is 5. The molecule has 0 aliphatic heterocycles. The van der Waals surface area contributed by atoms with E-state index in [4.69, 9.17) is 0 Å². The van der Waals surface area contributed by atoms with Gasteiger partial charge in [0.2, 0.25) is 5.95 Å². The molecule has 6 heteroatoms. The van der Waals surface area contributed by atoms with E-state index in [1.54, 1.807) is 6.20 Å². The Balaban J connectivity index is 2.03. The summed E-state index contributed by atoms with van der Waals surface area (Å²) in [6.07, 6.45) is 1.76. The van der Waals surface area contributed by atoms with Crippen molar-refractivity contribution in [2.75, 3.05) is 17.2 Å². The van der Waals surface area contributed by atoms with Crippen LogP contribution in [0.4, 0.5) is 17.5 Å². The number of nitrogens with one attached hydrogen (secondary N) is 2. The predicted octanol–water partition coefficient (Wildman–Crippen LogP) is 5.09. The molecule has 0 aliphatic rings. The molecule has 0 amide bonds. The van der Waals surface area contributed by atoms with Gasteiger partial charge in [-0.25, -0.2) is 4.98 Å². The minimum absolute atomic E-state index is 0.584. The zero-order chi connectivity index (χ0) is 17.8. The molecule has 128 valence electrons. The SMILES string of the molecule is CCNc1nc(Nc2c(C)cc(Br)cc2C)cc(-c2ccccn2)n1. The number of hydrogen-bond donors (Lipinski definition) is 2. The molecule has 3 rings (SSSR count). The van der Waals surface area contributed by atoms with Crippen LogP contribution in [0.15, 0.2) is 47.1 Å². The van der Waals surface area contributed by atoms with Crippen LogP contribution in [-0.4, -0.2) is 21.5 Å². The van der Waals surface area contributed by atoms with Gasteiger partial charge in [-0.3, -0.25) is 4.98 Å². The van der Waals surface area contributed by atoms with Crippen LogP contribution in [0.3, 0.4) is 0 Å². The van der Waals surface area contributed by atoms with Crippen LogP contribution in [-0.2, 0) is 0 Å². The van der Waals surface area contributed by atoms with Crippen molar-refractivity contribution in [2.24, 2.45) is 0 Å². The molecule has 3 aromatic rings. The lowest BCUT2D eigenvalue weighted by Crippen LogP contribution is -2.06. The Morgan fingerprint density at radius 3 is 2.40 bits per heavy atom. The van der Waals surface area contributed by atoms with Crippen LogP contribution < -0.4 is 10.6 Å². The maximum Gasteiger partial charge on any atom is 0.225 e. The molecule has 25 heavy (non-hydrogen) atoms. The first kappa shape index (κ1) is 17.4. The van der Waals surface area contributed by atoms with Crippen molar-refractivity contribution in [3.05, 3.63) is 58.2 Å². The lowest BCUT2D eigenvalue weighted by Gasteiger charge is -2.14. The van der Waals surface area contributed by atoms with Gasteiger partial charge in [0, 0.05) is 29.0 Å². The second-order valence-corrected chi connectivity index (χ2v) is 6.66. The molecule has 1 aromatic carbocycles. The van der Waals surface area contributed by atoms with Crippen LogP contribution in [0.2, 0.25) is 0 Å². The number of aryl methyl sites for hydroxylation is 2. The summed E-state index contributed by atoms with van der Waals surface area (Å²) in [4.78, 5) is 13.5. The molecule has 2 N–H and O–H groups in total. The van der Waals surface area contributed by atoms with Crippen LogP contribution in [0, 0.1) is 13.8 Å². The van der Waals surface area contributed by atoms with E-state index in [1.807, 2.05) is 31.2 Å². The first-order valence-corrected chi connectivity index (χ1v) is 8.94. The van der Waals surface area contributed by atoms with Gasteiger partial charge in [0.05, 0.1) is 11.4 Å². The standard InChI is InChI=1S/C19H20BrN5/c1-4-21-19-23-16(15-7-5-6-8-22-15)11-17(25-19)24-18-12(2)9-14(20)10-13(18)3/h5-11H,4H2,1-3H3,(H2,21,23,24,25). The number of nitrogens with zero attached hydrogens (tertiary/aromatic N) is 3. The summed E-state index contributed by atoms with van der Waals surface area (Å²) >= 11 is 3.54. The van der Waals surface area contributed by atoms with E-state index in [0.717, 1.165) is 45.0 Å². The highest BCUT2D eigenvalue weighted by Crippen LogP contribution is 2.29. The number of halogens is 1. The summed E-state index contributed by atoms with van der Waals surface area (Å²) < 4.78 is 1.07. The molecule has 0 bridgehead atoms. The highest BCUT2D eigenvalue weighted by Gasteiger charge is 2.10. The summed E-state index contributed by atoms with van der Waals surface area (Å²) in [5.74, 6) is 1.32. The van der Waals surface area contributed by atoms with E-state index in [9.17, 15) is 0 Å². The number of anilines is 3. The average Bonchev–Trinajstić information content (AvgIpc) is 2.59.